The number of aromatic nitrogens is 1. The molecular formula is C15H24N4O2. The van der Waals surface area contributed by atoms with Gasteiger partial charge in [-0.25, -0.2) is 0 Å². The van der Waals surface area contributed by atoms with E-state index in [4.69, 9.17) is 4.52 Å². The molecule has 0 saturated carbocycles. The highest BCUT2D eigenvalue weighted by molar-refractivity contribution is 5.91. The van der Waals surface area contributed by atoms with E-state index in [0.717, 1.165) is 25.3 Å². The lowest BCUT2D eigenvalue weighted by Crippen LogP contribution is -2.38. The van der Waals surface area contributed by atoms with Gasteiger partial charge < -0.3 is 9.84 Å². The first kappa shape index (κ1) is 14.5. The second-order valence-electron chi connectivity index (χ2n) is 6.57. The molecule has 0 aliphatic carbocycles. The van der Waals surface area contributed by atoms with Gasteiger partial charge in [0.2, 0.25) is 11.8 Å². The zero-order chi connectivity index (χ0) is 15.0. The van der Waals surface area contributed by atoms with Crippen molar-refractivity contribution < 1.29 is 9.32 Å². The highest BCUT2D eigenvalue weighted by atomic mass is 16.5. The Labute approximate surface area is 125 Å². The summed E-state index contributed by atoms with van der Waals surface area (Å²) in [4.78, 5) is 14.4. The maximum atomic E-state index is 12.2. The summed E-state index contributed by atoms with van der Waals surface area (Å²) in [5.41, 5.74) is 0.862. The van der Waals surface area contributed by atoms with Gasteiger partial charge in [-0.2, -0.15) is 0 Å². The molecule has 3 unspecified atom stereocenters. The molecular weight excluding hydrogens is 268 g/mol. The topological polar surface area (TPSA) is 70.4 Å². The Morgan fingerprint density at radius 1 is 1.57 bits per heavy atom. The fourth-order valence-electron chi connectivity index (χ4n) is 3.45. The van der Waals surface area contributed by atoms with Crippen LogP contribution in [0.4, 0.5) is 5.88 Å². The van der Waals surface area contributed by atoms with Crippen LogP contribution in [0.2, 0.25) is 0 Å². The van der Waals surface area contributed by atoms with Gasteiger partial charge in [-0.3, -0.25) is 15.0 Å². The van der Waals surface area contributed by atoms with E-state index in [2.05, 4.69) is 27.6 Å². The zero-order valence-electron chi connectivity index (χ0n) is 12.9. The van der Waals surface area contributed by atoms with Gasteiger partial charge in [0.1, 0.15) is 0 Å². The molecule has 6 nitrogen and oxygen atoms in total. The molecule has 1 amide bonds. The summed E-state index contributed by atoms with van der Waals surface area (Å²) in [5, 5.41) is 10.2. The van der Waals surface area contributed by atoms with Crippen molar-refractivity contribution in [2.75, 3.05) is 31.5 Å². The molecule has 2 aliphatic heterocycles. The Balaban J connectivity index is 1.54. The number of fused-ring (bicyclic) bond motifs is 1. The van der Waals surface area contributed by atoms with Crippen LogP contribution in [-0.2, 0) is 4.79 Å². The van der Waals surface area contributed by atoms with Gasteiger partial charge in [-0.1, -0.05) is 19.0 Å². The third-order valence-corrected chi connectivity index (χ3v) is 4.79. The van der Waals surface area contributed by atoms with Crippen molar-refractivity contribution in [3.8, 4) is 0 Å². The second kappa shape index (κ2) is 5.77. The predicted octanol–water partition coefficient (Wildman–Crippen LogP) is 1.28. The van der Waals surface area contributed by atoms with Crippen LogP contribution in [0.15, 0.2) is 10.6 Å². The molecule has 0 bridgehead atoms. The molecule has 0 aromatic carbocycles. The van der Waals surface area contributed by atoms with Gasteiger partial charge in [-0.05, 0) is 37.8 Å². The molecule has 3 heterocycles. The van der Waals surface area contributed by atoms with Crippen LogP contribution < -0.4 is 10.6 Å². The molecule has 3 rings (SSSR count). The smallest absolute Gasteiger partial charge is 0.240 e. The third kappa shape index (κ3) is 2.96. The largest absolute Gasteiger partial charge is 0.338 e. The number of amides is 1. The summed E-state index contributed by atoms with van der Waals surface area (Å²) in [7, 11) is 0. The van der Waals surface area contributed by atoms with Crippen molar-refractivity contribution in [2.24, 2.45) is 11.8 Å². The number of nitrogens with one attached hydrogen (secondary N) is 2. The second-order valence-corrected chi connectivity index (χ2v) is 6.57. The van der Waals surface area contributed by atoms with E-state index in [1.165, 1.54) is 0 Å². The van der Waals surface area contributed by atoms with E-state index in [-0.39, 0.29) is 5.91 Å². The molecule has 2 saturated heterocycles. The molecule has 0 radical (unpaired) electrons. The maximum Gasteiger partial charge on any atom is 0.240 e. The van der Waals surface area contributed by atoms with Crippen LogP contribution in [0.25, 0.3) is 0 Å². The third-order valence-electron chi connectivity index (χ3n) is 4.79. The summed E-state index contributed by atoms with van der Waals surface area (Å²) in [5.74, 6) is 2.07. The van der Waals surface area contributed by atoms with Crippen molar-refractivity contribution >= 4 is 11.8 Å². The van der Waals surface area contributed by atoms with Crippen molar-refractivity contribution in [1.82, 2.24) is 15.4 Å². The predicted molar refractivity (Wildman–Crippen MR) is 80.1 cm³/mol. The number of carbonyl (C=O) groups excluding carboxylic acids is 1. The highest BCUT2D eigenvalue weighted by Gasteiger charge is 2.42. The minimum absolute atomic E-state index is 0.0266. The van der Waals surface area contributed by atoms with Gasteiger partial charge in [0.05, 0.1) is 12.2 Å². The lowest BCUT2D eigenvalue weighted by atomic mass is 9.95. The Morgan fingerprint density at radius 3 is 3.05 bits per heavy atom. The van der Waals surface area contributed by atoms with Crippen LogP contribution in [0, 0.1) is 11.8 Å². The lowest BCUT2D eigenvalue weighted by molar-refractivity contribution is -0.117. The van der Waals surface area contributed by atoms with E-state index < -0.39 is 0 Å². The molecule has 1 aromatic heterocycles. The average Bonchev–Trinajstić information content (AvgIpc) is 3.10. The fraction of sp³-hybridized carbons (Fsp3) is 0.733. The van der Waals surface area contributed by atoms with Crippen molar-refractivity contribution in [2.45, 2.75) is 32.7 Å². The van der Waals surface area contributed by atoms with E-state index in [1.807, 2.05) is 13.8 Å². The summed E-state index contributed by atoms with van der Waals surface area (Å²) in [6, 6.07) is 2.26. The van der Waals surface area contributed by atoms with Crippen LogP contribution in [0.1, 0.15) is 32.4 Å². The highest BCUT2D eigenvalue weighted by Crippen LogP contribution is 2.31. The first-order valence-electron chi connectivity index (χ1n) is 7.76. The van der Waals surface area contributed by atoms with Crippen LogP contribution in [-0.4, -0.2) is 48.2 Å². The Morgan fingerprint density at radius 2 is 2.38 bits per heavy atom. The molecule has 1 aromatic rings. The first-order valence-corrected chi connectivity index (χ1v) is 7.76. The normalized spacial score (nSPS) is 29.0. The fourth-order valence-corrected chi connectivity index (χ4v) is 3.45. The molecule has 2 N–H and O–H groups in total. The number of hydrogen-bond donors (Lipinski definition) is 2. The summed E-state index contributed by atoms with van der Waals surface area (Å²) < 4.78 is 5.15. The maximum absolute atomic E-state index is 12.2. The van der Waals surface area contributed by atoms with Gasteiger partial charge in [-0.15, -0.1) is 0 Å². The Bertz CT molecular complexity index is 514. The van der Waals surface area contributed by atoms with E-state index in [0.29, 0.717) is 36.2 Å². The first-order chi connectivity index (χ1) is 10.0. The molecule has 6 heteroatoms. The summed E-state index contributed by atoms with van der Waals surface area (Å²) >= 11 is 0. The SMILES string of the molecule is CC(C)c1cc(NC(=O)CN2CC3CNCC3C2C)on1. The van der Waals surface area contributed by atoms with Gasteiger partial charge in [0.15, 0.2) is 0 Å². The quantitative estimate of drug-likeness (QED) is 0.874. The number of carbonyl (C=O) groups is 1. The standard InChI is InChI=1S/C15H24N4O2/c1-9(2)13-4-15(21-18-13)17-14(20)8-19-7-11-5-16-6-12(11)10(19)3/h4,9-12,16H,5-8H2,1-3H3,(H,17,20). The summed E-state index contributed by atoms with van der Waals surface area (Å²) in [6.07, 6.45) is 0. The molecule has 2 aliphatic rings. The average molecular weight is 292 g/mol. The van der Waals surface area contributed by atoms with Crippen LogP contribution in [0.3, 0.4) is 0 Å². The molecule has 3 atom stereocenters. The van der Waals surface area contributed by atoms with Crippen LogP contribution in [0.5, 0.6) is 0 Å². The molecule has 2 fully saturated rings. The lowest BCUT2D eigenvalue weighted by Gasteiger charge is -2.23. The minimum Gasteiger partial charge on any atom is -0.338 e. The molecule has 116 valence electrons. The summed E-state index contributed by atoms with van der Waals surface area (Å²) in [6.45, 7) is 9.88. The number of rotatable bonds is 4. The van der Waals surface area contributed by atoms with Crippen molar-refractivity contribution in [3.63, 3.8) is 0 Å². The minimum atomic E-state index is -0.0266. The molecule has 0 spiro atoms. The monoisotopic (exact) mass is 292 g/mol. The zero-order valence-corrected chi connectivity index (χ0v) is 12.9. The van der Waals surface area contributed by atoms with Crippen molar-refractivity contribution in [3.05, 3.63) is 11.8 Å². The van der Waals surface area contributed by atoms with Gasteiger partial charge in [0.25, 0.3) is 0 Å². The number of hydrogen-bond acceptors (Lipinski definition) is 5. The molecule has 21 heavy (non-hydrogen) atoms. The number of likely N-dealkylation sites (tertiary alicyclic amines) is 1. The van der Waals surface area contributed by atoms with E-state index in [9.17, 15) is 4.79 Å². The van der Waals surface area contributed by atoms with Gasteiger partial charge in [0, 0.05) is 18.7 Å². The van der Waals surface area contributed by atoms with E-state index in [1.54, 1.807) is 6.07 Å². The van der Waals surface area contributed by atoms with Gasteiger partial charge >= 0.3 is 0 Å². The Hall–Kier alpha value is -1.40. The van der Waals surface area contributed by atoms with E-state index >= 15 is 0 Å². The number of nitrogens with zero attached hydrogens (tertiary/aromatic N) is 2. The van der Waals surface area contributed by atoms with Crippen molar-refractivity contribution in [1.29, 1.82) is 0 Å². The van der Waals surface area contributed by atoms with Crippen LogP contribution >= 0.6 is 0 Å². The number of anilines is 1. The Kier molecular flexibility index (Phi) is 3.99.